The van der Waals surface area contributed by atoms with Crippen LogP contribution < -0.4 is 14.9 Å². The van der Waals surface area contributed by atoms with Crippen LogP contribution in [0.25, 0.3) is 21.6 Å². The molecule has 1 aliphatic heterocycles. The first-order valence-electron chi connectivity index (χ1n) is 7.84. The number of hydrogen-bond acceptors (Lipinski definition) is 8. The van der Waals surface area contributed by atoms with Gasteiger partial charge in [0.15, 0.2) is 11.5 Å². The molecule has 1 aliphatic rings. The van der Waals surface area contributed by atoms with E-state index in [2.05, 4.69) is 20.5 Å². The van der Waals surface area contributed by atoms with Gasteiger partial charge in [-0.25, -0.2) is 4.98 Å². The van der Waals surface area contributed by atoms with E-state index in [4.69, 9.17) is 13.9 Å². The molecular formula is C18H12N4O3S. The topological polar surface area (TPSA) is 81.8 Å². The molecule has 128 valence electrons. The van der Waals surface area contributed by atoms with E-state index in [0.717, 1.165) is 32.9 Å². The first-order chi connectivity index (χ1) is 12.8. The molecule has 0 saturated carbocycles. The average Bonchev–Trinajstić information content (AvgIpc) is 3.39. The summed E-state index contributed by atoms with van der Waals surface area (Å²) in [6, 6.07) is 9.51. The Morgan fingerprint density at radius 3 is 2.96 bits per heavy atom. The largest absolute Gasteiger partial charge is 0.455 e. The lowest BCUT2D eigenvalue weighted by Crippen LogP contribution is -1.92. The second-order valence-electron chi connectivity index (χ2n) is 5.54. The normalized spacial score (nSPS) is 12.9. The van der Waals surface area contributed by atoms with E-state index in [0.29, 0.717) is 10.9 Å². The van der Waals surface area contributed by atoms with Crippen LogP contribution in [0.3, 0.4) is 0 Å². The van der Waals surface area contributed by atoms with E-state index < -0.39 is 0 Å². The molecule has 0 amide bonds. The van der Waals surface area contributed by atoms with Gasteiger partial charge in [-0.15, -0.1) is 0 Å². The maximum atomic E-state index is 5.93. The van der Waals surface area contributed by atoms with Crippen molar-refractivity contribution >= 4 is 33.7 Å². The fraction of sp³-hybridized carbons (Fsp3) is 0.0556. The lowest BCUT2D eigenvalue weighted by Gasteiger charge is -1.94. The maximum Gasteiger partial charge on any atom is 0.231 e. The molecular weight excluding hydrogens is 352 g/mol. The quantitative estimate of drug-likeness (QED) is 0.433. The number of nitrogens with zero attached hydrogens (tertiary/aromatic N) is 3. The van der Waals surface area contributed by atoms with Gasteiger partial charge >= 0.3 is 0 Å². The number of hydrazone groups is 1. The van der Waals surface area contributed by atoms with Crippen molar-refractivity contribution in [3.8, 4) is 22.1 Å². The summed E-state index contributed by atoms with van der Waals surface area (Å²) in [5.41, 5.74) is 4.58. The Labute approximate surface area is 151 Å². The smallest absolute Gasteiger partial charge is 0.231 e. The van der Waals surface area contributed by atoms with Crippen molar-refractivity contribution in [2.75, 3.05) is 12.2 Å². The van der Waals surface area contributed by atoms with Crippen LogP contribution in [0.4, 0.5) is 5.13 Å². The number of benzene rings is 1. The van der Waals surface area contributed by atoms with Crippen LogP contribution in [0.1, 0.15) is 5.56 Å². The number of furan rings is 1. The standard InChI is InChI=1S/C18H12N4O3S/c1-2-11(7-19-3-1)8-21-22-18-20-9-17(26-18)16-5-12-4-14-15(24-10-23-14)6-13(12)25-16/h1-9H,10H2,(H,20,22). The van der Waals surface area contributed by atoms with Crippen molar-refractivity contribution in [1.29, 1.82) is 0 Å². The molecule has 0 saturated heterocycles. The second kappa shape index (κ2) is 6.16. The molecule has 8 heteroatoms. The third-order valence-corrected chi connectivity index (χ3v) is 4.73. The van der Waals surface area contributed by atoms with E-state index >= 15 is 0 Å². The number of fused-ring (bicyclic) bond motifs is 2. The van der Waals surface area contributed by atoms with E-state index in [9.17, 15) is 0 Å². The summed E-state index contributed by atoms with van der Waals surface area (Å²) >= 11 is 1.46. The number of rotatable bonds is 4. The van der Waals surface area contributed by atoms with Gasteiger partial charge in [0, 0.05) is 29.4 Å². The molecule has 3 aromatic heterocycles. The molecule has 0 radical (unpaired) electrons. The molecule has 26 heavy (non-hydrogen) atoms. The minimum atomic E-state index is 0.248. The van der Waals surface area contributed by atoms with Gasteiger partial charge in [0.2, 0.25) is 11.9 Å². The van der Waals surface area contributed by atoms with E-state index in [1.165, 1.54) is 11.3 Å². The monoisotopic (exact) mass is 364 g/mol. The van der Waals surface area contributed by atoms with Gasteiger partial charge in [-0.05, 0) is 18.2 Å². The average molecular weight is 364 g/mol. The summed E-state index contributed by atoms with van der Waals surface area (Å²) in [6.07, 6.45) is 6.90. The van der Waals surface area contributed by atoms with E-state index in [1.54, 1.807) is 24.8 Å². The molecule has 0 bridgehead atoms. The molecule has 1 aromatic carbocycles. The lowest BCUT2D eigenvalue weighted by molar-refractivity contribution is 0.174. The third kappa shape index (κ3) is 2.76. The van der Waals surface area contributed by atoms with Gasteiger partial charge in [0.1, 0.15) is 11.3 Å². The van der Waals surface area contributed by atoms with E-state index in [1.807, 2.05) is 30.3 Å². The highest BCUT2D eigenvalue weighted by Gasteiger charge is 2.17. The Morgan fingerprint density at radius 1 is 1.15 bits per heavy atom. The van der Waals surface area contributed by atoms with Crippen molar-refractivity contribution in [2.45, 2.75) is 0 Å². The van der Waals surface area contributed by atoms with E-state index in [-0.39, 0.29) is 6.79 Å². The Balaban J connectivity index is 1.36. The number of thiazole rings is 1. The zero-order chi connectivity index (χ0) is 17.3. The zero-order valence-electron chi connectivity index (χ0n) is 13.4. The Kier molecular flexibility index (Phi) is 3.53. The molecule has 4 heterocycles. The molecule has 0 aliphatic carbocycles. The summed E-state index contributed by atoms with van der Waals surface area (Å²) in [5.74, 6) is 2.18. The van der Waals surface area contributed by atoms with Gasteiger partial charge < -0.3 is 13.9 Å². The number of nitrogens with one attached hydrogen (secondary N) is 1. The molecule has 0 spiro atoms. The molecule has 7 nitrogen and oxygen atoms in total. The maximum absolute atomic E-state index is 5.93. The number of anilines is 1. The predicted molar refractivity (Wildman–Crippen MR) is 98.9 cm³/mol. The molecule has 0 unspecified atom stereocenters. The van der Waals surface area contributed by atoms with Gasteiger partial charge in [0.05, 0.1) is 17.3 Å². The number of ether oxygens (including phenoxy) is 2. The van der Waals surface area contributed by atoms with Crippen LogP contribution in [0.2, 0.25) is 0 Å². The second-order valence-corrected chi connectivity index (χ2v) is 6.57. The molecule has 4 aromatic rings. The molecule has 5 rings (SSSR count). The highest BCUT2D eigenvalue weighted by atomic mass is 32.1. The Hall–Kier alpha value is -3.39. The first-order valence-corrected chi connectivity index (χ1v) is 8.65. The van der Waals surface area contributed by atoms with Crippen LogP contribution in [0, 0.1) is 0 Å². The predicted octanol–water partition coefficient (Wildman–Crippen LogP) is 4.13. The third-order valence-electron chi connectivity index (χ3n) is 3.82. The highest BCUT2D eigenvalue weighted by molar-refractivity contribution is 7.18. The van der Waals surface area contributed by atoms with Crippen LogP contribution in [-0.2, 0) is 0 Å². The SMILES string of the molecule is C(=NNc1ncc(-c2cc3cc4c(cc3o2)OCO4)s1)c1cccnc1. The lowest BCUT2D eigenvalue weighted by atomic mass is 10.2. The van der Waals surface area contributed by atoms with Gasteiger partial charge in [-0.3, -0.25) is 10.4 Å². The summed E-state index contributed by atoms with van der Waals surface area (Å²) in [6.45, 7) is 0.248. The summed E-state index contributed by atoms with van der Waals surface area (Å²) in [5, 5.41) is 5.81. The summed E-state index contributed by atoms with van der Waals surface area (Å²) in [7, 11) is 0. The van der Waals surface area contributed by atoms with Crippen LogP contribution >= 0.6 is 11.3 Å². The zero-order valence-corrected chi connectivity index (χ0v) is 14.2. The van der Waals surface area contributed by atoms with Crippen molar-refractivity contribution in [3.05, 3.63) is 54.5 Å². The van der Waals surface area contributed by atoms with Crippen LogP contribution in [-0.4, -0.2) is 23.0 Å². The fourth-order valence-electron chi connectivity index (χ4n) is 2.60. The molecule has 1 N–H and O–H groups in total. The fourth-order valence-corrected chi connectivity index (χ4v) is 3.32. The Morgan fingerprint density at radius 2 is 2.08 bits per heavy atom. The van der Waals surface area contributed by atoms with Crippen molar-refractivity contribution < 1.29 is 13.9 Å². The summed E-state index contributed by atoms with van der Waals surface area (Å²) in [4.78, 5) is 9.27. The Bertz CT molecular complexity index is 1060. The molecule has 0 atom stereocenters. The first kappa shape index (κ1) is 14.9. The number of pyridine rings is 1. The minimum Gasteiger partial charge on any atom is -0.455 e. The van der Waals surface area contributed by atoms with Crippen LogP contribution in [0.15, 0.2) is 58.4 Å². The van der Waals surface area contributed by atoms with Crippen molar-refractivity contribution in [2.24, 2.45) is 5.10 Å². The van der Waals surface area contributed by atoms with Gasteiger partial charge in [0.25, 0.3) is 0 Å². The van der Waals surface area contributed by atoms with Crippen molar-refractivity contribution in [1.82, 2.24) is 9.97 Å². The molecule has 0 fully saturated rings. The van der Waals surface area contributed by atoms with Gasteiger partial charge in [-0.1, -0.05) is 17.4 Å². The number of aromatic nitrogens is 2. The van der Waals surface area contributed by atoms with Crippen LogP contribution in [0.5, 0.6) is 11.5 Å². The minimum absolute atomic E-state index is 0.248. The number of hydrogen-bond donors (Lipinski definition) is 1. The highest BCUT2D eigenvalue weighted by Crippen LogP contribution is 2.40. The summed E-state index contributed by atoms with van der Waals surface area (Å²) < 4.78 is 16.7. The van der Waals surface area contributed by atoms with Gasteiger partial charge in [-0.2, -0.15) is 5.10 Å². The van der Waals surface area contributed by atoms with Crippen molar-refractivity contribution in [3.63, 3.8) is 0 Å².